The Bertz CT molecular complexity index is 525. The summed E-state index contributed by atoms with van der Waals surface area (Å²) in [6, 6.07) is 0. The van der Waals surface area contributed by atoms with Crippen LogP contribution in [0.3, 0.4) is 0 Å². The number of hydrogen-bond donors (Lipinski definition) is 2. The fourth-order valence-electron chi connectivity index (χ4n) is 2.19. The SMILES string of the molecule is COC(=O)c1c(NC(=O)CN(C)C)sc2c1CCNC2. The number of ether oxygens (including phenoxy) is 1. The van der Waals surface area contributed by atoms with Gasteiger partial charge in [0, 0.05) is 11.4 Å². The maximum Gasteiger partial charge on any atom is 0.341 e. The number of rotatable bonds is 4. The van der Waals surface area contributed by atoms with E-state index in [1.54, 1.807) is 4.90 Å². The first-order chi connectivity index (χ1) is 9.52. The summed E-state index contributed by atoms with van der Waals surface area (Å²) in [7, 11) is 5.01. The third kappa shape index (κ3) is 3.17. The van der Waals surface area contributed by atoms with Crippen molar-refractivity contribution in [3.05, 3.63) is 16.0 Å². The lowest BCUT2D eigenvalue weighted by molar-refractivity contribution is -0.116. The summed E-state index contributed by atoms with van der Waals surface area (Å²) in [6.07, 6.45) is 0.778. The minimum absolute atomic E-state index is 0.133. The minimum Gasteiger partial charge on any atom is -0.465 e. The third-order valence-electron chi connectivity index (χ3n) is 3.03. The number of fused-ring (bicyclic) bond motifs is 1. The van der Waals surface area contributed by atoms with E-state index in [0.29, 0.717) is 10.6 Å². The molecule has 110 valence electrons. The molecule has 1 aliphatic rings. The fraction of sp³-hybridized carbons (Fsp3) is 0.538. The number of methoxy groups -OCH3 is 1. The molecule has 0 aromatic carbocycles. The quantitative estimate of drug-likeness (QED) is 0.800. The molecule has 0 spiro atoms. The summed E-state index contributed by atoms with van der Waals surface area (Å²) in [5.41, 5.74) is 1.52. The lowest BCUT2D eigenvalue weighted by Crippen LogP contribution is -2.27. The number of nitrogens with zero attached hydrogens (tertiary/aromatic N) is 1. The van der Waals surface area contributed by atoms with Crippen LogP contribution in [0.4, 0.5) is 5.00 Å². The van der Waals surface area contributed by atoms with Gasteiger partial charge in [-0.15, -0.1) is 11.3 Å². The Morgan fingerprint density at radius 1 is 1.45 bits per heavy atom. The van der Waals surface area contributed by atoms with Gasteiger partial charge in [0.05, 0.1) is 19.2 Å². The van der Waals surface area contributed by atoms with Crippen molar-refractivity contribution in [2.45, 2.75) is 13.0 Å². The number of nitrogens with one attached hydrogen (secondary N) is 2. The highest BCUT2D eigenvalue weighted by atomic mass is 32.1. The van der Waals surface area contributed by atoms with Gasteiger partial charge in [-0.05, 0) is 32.6 Å². The molecule has 1 aromatic heterocycles. The highest BCUT2D eigenvalue weighted by Gasteiger charge is 2.26. The summed E-state index contributed by atoms with van der Waals surface area (Å²) >= 11 is 1.45. The molecule has 0 fully saturated rings. The standard InChI is InChI=1S/C13H19N3O3S/c1-16(2)7-10(17)15-12-11(13(18)19-3)8-4-5-14-6-9(8)20-12/h14H,4-7H2,1-3H3,(H,15,17). The molecule has 1 amide bonds. The molecule has 1 aromatic rings. The Hall–Kier alpha value is -1.44. The maximum atomic E-state index is 12.0. The van der Waals surface area contributed by atoms with E-state index < -0.39 is 0 Å². The third-order valence-corrected chi connectivity index (χ3v) is 4.18. The molecule has 0 radical (unpaired) electrons. The molecule has 0 atom stereocenters. The van der Waals surface area contributed by atoms with E-state index in [-0.39, 0.29) is 18.4 Å². The topological polar surface area (TPSA) is 70.7 Å². The largest absolute Gasteiger partial charge is 0.465 e. The van der Waals surface area contributed by atoms with Crippen molar-refractivity contribution in [2.24, 2.45) is 0 Å². The van der Waals surface area contributed by atoms with Crippen molar-refractivity contribution in [1.29, 1.82) is 0 Å². The molecule has 0 aliphatic carbocycles. The van der Waals surface area contributed by atoms with E-state index >= 15 is 0 Å². The summed E-state index contributed by atoms with van der Waals surface area (Å²) < 4.78 is 4.85. The fourth-order valence-corrected chi connectivity index (χ4v) is 3.42. The molecule has 2 rings (SSSR count). The molecule has 2 heterocycles. The van der Waals surface area contributed by atoms with Crippen LogP contribution >= 0.6 is 11.3 Å². The van der Waals surface area contributed by atoms with Crippen LogP contribution in [0.1, 0.15) is 20.8 Å². The molecule has 0 saturated heterocycles. The molecule has 1 aliphatic heterocycles. The Balaban J connectivity index is 2.29. The highest BCUT2D eigenvalue weighted by Crippen LogP contribution is 2.35. The summed E-state index contributed by atoms with van der Waals surface area (Å²) in [5, 5.41) is 6.68. The van der Waals surface area contributed by atoms with Crippen molar-refractivity contribution in [3.63, 3.8) is 0 Å². The summed E-state index contributed by atoms with van der Waals surface area (Å²) in [6.45, 7) is 1.84. The zero-order valence-electron chi connectivity index (χ0n) is 11.9. The van der Waals surface area contributed by atoms with E-state index in [1.807, 2.05) is 14.1 Å². The second kappa shape index (κ2) is 6.34. The van der Waals surface area contributed by atoms with Crippen molar-refractivity contribution in [1.82, 2.24) is 10.2 Å². The first-order valence-corrected chi connectivity index (χ1v) is 7.22. The number of amides is 1. The number of esters is 1. The lowest BCUT2D eigenvalue weighted by Gasteiger charge is -2.13. The number of hydrogen-bond acceptors (Lipinski definition) is 6. The van der Waals surface area contributed by atoms with E-state index in [4.69, 9.17) is 4.74 Å². The number of thiophene rings is 1. The van der Waals surface area contributed by atoms with E-state index in [1.165, 1.54) is 18.4 Å². The monoisotopic (exact) mass is 297 g/mol. The predicted molar refractivity (Wildman–Crippen MR) is 78.3 cm³/mol. The van der Waals surface area contributed by atoms with Gasteiger partial charge in [0.2, 0.25) is 5.91 Å². The Morgan fingerprint density at radius 3 is 2.85 bits per heavy atom. The molecule has 0 saturated carbocycles. The Labute approximate surface area is 122 Å². The minimum atomic E-state index is -0.385. The second-order valence-electron chi connectivity index (χ2n) is 4.91. The van der Waals surface area contributed by atoms with Crippen LogP contribution in [0.5, 0.6) is 0 Å². The lowest BCUT2D eigenvalue weighted by atomic mass is 10.0. The van der Waals surface area contributed by atoms with Gasteiger partial charge < -0.3 is 20.3 Å². The van der Waals surface area contributed by atoms with Gasteiger partial charge in [0.25, 0.3) is 0 Å². The molecule has 0 unspecified atom stereocenters. The van der Waals surface area contributed by atoms with Crippen LogP contribution in [-0.4, -0.2) is 51.1 Å². The van der Waals surface area contributed by atoms with Crippen LogP contribution in [0.15, 0.2) is 0 Å². The van der Waals surface area contributed by atoms with Crippen molar-refractivity contribution in [3.8, 4) is 0 Å². The molecule has 20 heavy (non-hydrogen) atoms. The molecular weight excluding hydrogens is 278 g/mol. The van der Waals surface area contributed by atoms with E-state index in [2.05, 4.69) is 10.6 Å². The molecule has 0 bridgehead atoms. The first kappa shape index (κ1) is 15.0. The van der Waals surface area contributed by atoms with Gasteiger partial charge in [0.15, 0.2) is 0 Å². The summed E-state index contributed by atoms with van der Waals surface area (Å²) in [4.78, 5) is 26.7. The van der Waals surface area contributed by atoms with Crippen molar-refractivity contribution in [2.75, 3.05) is 39.6 Å². The van der Waals surface area contributed by atoms with Gasteiger partial charge in [-0.3, -0.25) is 4.79 Å². The van der Waals surface area contributed by atoms with Gasteiger partial charge >= 0.3 is 5.97 Å². The number of carbonyl (C=O) groups is 2. The average Bonchev–Trinajstić information content (AvgIpc) is 2.74. The smallest absolute Gasteiger partial charge is 0.341 e. The van der Waals surface area contributed by atoms with Crippen LogP contribution in [-0.2, 0) is 22.5 Å². The van der Waals surface area contributed by atoms with Crippen LogP contribution in [0.2, 0.25) is 0 Å². The molecule has 6 nitrogen and oxygen atoms in total. The van der Waals surface area contributed by atoms with Crippen molar-refractivity contribution >= 4 is 28.2 Å². The number of carbonyl (C=O) groups excluding carboxylic acids is 2. The highest BCUT2D eigenvalue weighted by molar-refractivity contribution is 7.17. The molecular formula is C13H19N3O3S. The van der Waals surface area contributed by atoms with E-state index in [0.717, 1.165) is 30.0 Å². The van der Waals surface area contributed by atoms with Crippen molar-refractivity contribution < 1.29 is 14.3 Å². The average molecular weight is 297 g/mol. The normalized spacial score (nSPS) is 14.0. The van der Waals surface area contributed by atoms with Gasteiger partial charge in [-0.1, -0.05) is 0 Å². The zero-order valence-corrected chi connectivity index (χ0v) is 12.7. The number of anilines is 1. The van der Waals surface area contributed by atoms with Gasteiger partial charge in [-0.25, -0.2) is 4.79 Å². The number of likely N-dealkylation sites (N-methyl/N-ethyl adjacent to an activating group) is 1. The molecule has 2 N–H and O–H groups in total. The van der Waals surface area contributed by atoms with Crippen LogP contribution < -0.4 is 10.6 Å². The first-order valence-electron chi connectivity index (χ1n) is 6.41. The Morgan fingerprint density at radius 2 is 2.20 bits per heavy atom. The van der Waals surface area contributed by atoms with Crippen LogP contribution in [0.25, 0.3) is 0 Å². The van der Waals surface area contributed by atoms with E-state index in [9.17, 15) is 9.59 Å². The van der Waals surface area contributed by atoms with Gasteiger partial charge in [0.1, 0.15) is 5.00 Å². The maximum absolute atomic E-state index is 12.0. The summed E-state index contributed by atoms with van der Waals surface area (Å²) in [5.74, 6) is -0.517. The Kier molecular flexibility index (Phi) is 4.74. The zero-order chi connectivity index (χ0) is 14.7. The van der Waals surface area contributed by atoms with Gasteiger partial charge in [-0.2, -0.15) is 0 Å². The second-order valence-corrected chi connectivity index (χ2v) is 6.02. The van der Waals surface area contributed by atoms with Crippen LogP contribution in [0, 0.1) is 0 Å². The molecule has 7 heteroatoms. The predicted octanol–water partition coefficient (Wildman–Crippen LogP) is 0.680.